The molecule has 4 heterocycles. The molecule has 228 valence electrons. The predicted octanol–water partition coefficient (Wildman–Crippen LogP) is 4.80. The quantitative estimate of drug-likeness (QED) is 0.378. The first kappa shape index (κ1) is 29.9. The van der Waals surface area contributed by atoms with E-state index in [0.717, 1.165) is 68.0 Å². The summed E-state index contributed by atoms with van der Waals surface area (Å²) in [7, 11) is -3.97. The smallest absolute Gasteiger partial charge is 0.245 e. The van der Waals surface area contributed by atoms with Gasteiger partial charge in [-0.3, -0.25) is 9.59 Å². The number of hydrogen-bond acceptors (Lipinski definition) is 8. The van der Waals surface area contributed by atoms with E-state index in [4.69, 9.17) is 0 Å². The molecule has 1 aliphatic carbocycles. The van der Waals surface area contributed by atoms with Gasteiger partial charge in [0.25, 0.3) is 0 Å². The van der Waals surface area contributed by atoms with Crippen LogP contribution in [0.1, 0.15) is 55.6 Å². The molecule has 1 amide bonds. The lowest BCUT2D eigenvalue weighted by atomic mass is 9.82. The number of benzene rings is 1. The normalized spacial score (nSPS) is 22.6. The Morgan fingerprint density at radius 1 is 1.05 bits per heavy atom. The maximum atomic E-state index is 14.0. The molecule has 2 atom stereocenters. The van der Waals surface area contributed by atoms with Gasteiger partial charge in [0.15, 0.2) is 5.78 Å². The number of amides is 1. The van der Waals surface area contributed by atoms with Crippen LogP contribution in [0.15, 0.2) is 59.6 Å². The molecule has 2 aliphatic heterocycles. The van der Waals surface area contributed by atoms with E-state index < -0.39 is 10.0 Å². The number of piperazine rings is 2. The molecule has 1 aromatic carbocycles. The third kappa shape index (κ3) is 6.13. The number of carbonyl (C=O) groups excluding carboxylic acids is 2. The molecule has 6 rings (SSSR count). The Balaban J connectivity index is 1.32. The SMILES string of the molecule is CC(=O)c1sc(-c2ccccc2)cc1N1C(=O)CN(S(=O)(=O)c2ccc(N3CCNC(C)C3)nc2)CC1C1CCCCC1. The minimum absolute atomic E-state index is 0.0920. The van der Waals surface area contributed by atoms with E-state index in [1.165, 1.54) is 28.8 Å². The minimum atomic E-state index is -3.97. The molecule has 2 aromatic heterocycles. The van der Waals surface area contributed by atoms with Crippen LogP contribution >= 0.6 is 11.3 Å². The summed E-state index contributed by atoms with van der Waals surface area (Å²) >= 11 is 1.39. The van der Waals surface area contributed by atoms with Gasteiger partial charge in [0.1, 0.15) is 10.7 Å². The van der Waals surface area contributed by atoms with E-state index >= 15 is 0 Å². The van der Waals surface area contributed by atoms with Crippen molar-refractivity contribution in [2.24, 2.45) is 5.92 Å². The van der Waals surface area contributed by atoms with Crippen molar-refractivity contribution in [1.82, 2.24) is 14.6 Å². The van der Waals surface area contributed by atoms with Crippen LogP contribution in [0.25, 0.3) is 10.4 Å². The number of pyridine rings is 1. The fourth-order valence-electron chi connectivity index (χ4n) is 6.70. The topological polar surface area (TPSA) is 103 Å². The predicted molar refractivity (Wildman–Crippen MR) is 170 cm³/mol. The first-order valence-electron chi connectivity index (χ1n) is 15.2. The Kier molecular flexibility index (Phi) is 8.68. The van der Waals surface area contributed by atoms with Crippen molar-refractivity contribution in [2.45, 2.75) is 62.9 Å². The highest BCUT2D eigenvalue weighted by Gasteiger charge is 2.44. The highest BCUT2D eigenvalue weighted by Crippen LogP contribution is 2.42. The summed E-state index contributed by atoms with van der Waals surface area (Å²) in [6, 6.07) is 15.1. The van der Waals surface area contributed by atoms with Crippen LogP contribution in [0.5, 0.6) is 0 Å². The summed E-state index contributed by atoms with van der Waals surface area (Å²) in [5.41, 5.74) is 1.58. The largest absolute Gasteiger partial charge is 0.354 e. The van der Waals surface area contributed by atoms with Crippen molar-refractivity contribution >= 4 is 44.6 Å². The van der Waals surface area contributed by atoms with Gasteiger partial charge in [0.05, 0.1) is 23.2 Å². The summed E-state index contributed by atoms with van der Waals surface area (Å²) in [6.45, 7) is 6.00. The third-order valence-electron chi connectivity index (χ3n) is 8.90. The lowest BCUT2D eigenvalue weighted by Crippen LogP contribution is -2.60. The first-order chi connectivity index (χ1) is 20.7. The van der Waals surface area contributed by atoms with Crippen molar-refractivity contribution in [3.8, 4) is 10.4 Å². The summed E-state index contributed by atoms with van der Waals surface area (Å²) in [4.78, 5) is 36.9. The molecule has 0 radical (unpaired) electrons. The van der Waals surface area contributed by atoms with Crippen LogP contribution in [0.3, 0.4) is 0 Å². The fourth-order valence-corrected chi connectivity index (χ4v) is 9.10. The van der Waals surface area contributed by atoms with Gasteiger partial charge < -0.3 is 15.1 Å². The number of nitrogens with one attached hydrogen (secondary N) is 1. The van der Waals surface area contributed by atoms with Gasteiger partial charge in [-0.25, -0.2) is 13.4 Å². The van der Waals surface area contributed by atoms with Crippen LogP contribution in [0.2, 0.25) is 0 Å². The molecule has 3 fully saturated rings. The molecule has 9 nitrogen and oxygen atoms in total. The molecule has 3 aliphatic rings. The Bertz CT molecular complexity index is 1570. The van der Waals surface area contributed by atoms with E-state index in [1.807, 2.05) is 36.4 Å². The molecule has 2 saturated heterocycles. The number of hydrogen-bond donors (Lipinski definition) is 1. The number of sulfonamides is 1. The third-order valence-corrected chi connectivity index (χ3v) is 12.0. The van der Waals surface area contributed by atoms with Gasteiger partial charge in [-0.05, 0) is 49.4 Å². The van der Waals surface area contributed by atoms with Crippen LogP contribution in [0.4, 0.5) is 11.5 Å². The Morgan fingerprint density at radius 2 is 1.81 bits per heavy atom. The van der Waals surface area contributed by atoms with Gasteiger partial charge in [0, 0.05) is 50.2 Å². The Morgan fingerprint density at radius 3 is 2.49 bits per heavy atom. The Labute approximate surface area is 258 Å². The van der Waals surface area contributed by atoms with Crippen LogP contribution in [-0.4, -0.2) is 74.2 Å². The highest BCUT2D eigenvalue weighted by molar-refractivity contribution is 7.89. The maximum Gasteiger partial charge on any atom is 0.245 e. The molecule has 0 spiro atoms. The number of ketones is 1. The zero-order valence-electron chi connectivity index (χ0n) is 24.7. The second kappa shape index (κ2) is 12.5. The van der Waals surface area contributed by atoms with Crippen molar-refractivity contribution in [1.29, 1.82) is 0 Å². The molecular formula is C32H39N5O4S2. The van der Waals surface area contributed by atoms with E-state index in [-0.39, 0.29) is 41.6 Å². The van der Waals surface area contributed by atoms with Crippen molar-refractivity contribution in [3.63, 3.8) is 0 Å². The fraction of sp³-hybridized carbons (Fsp3) is 0.469. The monoisotopic (exact) mass is 621 g/mol. The number of aromatic nitrogens is 1. The highest BCUT2D eigenvalue weighted by atomic mass is 32.2. The molecule has 2 unspecified atom stereocenters. The molecule has 3 aromatic rings. The molecular weight excluding hydrogens is 583 g/mol. The second-order valence-electron chi connectivity index (χ2n) is 11.9. The Hall–Kier alpha value is -3.12. The van der Waals surface area contributed by atoms with E-state index in [0.29, 0.717) is 16.6 Å². The maximum absolute atomic E-state index is 14.0. The van der Waals surface area contributed by atoms with Gasteiger partial charge in [-0.2, -0.15) is 4.31 Å². The minimum Gasteiger partial charge on any atom is -0.354 e. The van der Waals surface area contributed by atoms with E-state index in [9.17, 15) is 18.0 Å². The second-order valence-corrected chi connectivity index (χ2v) is 14.9. The number of carbonyl (C=O) groups is 2. The summed E-state index contributed by atoms with van der Waals surface area (Å²) < 4.78 is 29.2. The summed E-state index contributed by atoms with van der Waals surface area (Å²) in [6.07, 6.45) is 6.50. The van der Waals surface area contributed by atoms with Crippen LogP contribution in [-0.2, 0) is 14.8 Å². The van der Waals surface area contributed by atoms with E-state index in [2.05, 4.69) is 22.1 Å². The number of rotatable bonds is 7. The molecule has 1 saturated carbocycles. The molecule has 43 heavy (non-hydrogen) atoms. The van der Waals surface area contributed by atoms with Crippen molar-refractivity contribution in [2.75, 3.05) is 42.5 Å². The first-order valence-corrected chi connectivity index (χ1v) is 17.4. The van der Waals surface area contributed by atoms with Gasteiger partial charge >= 0.3 is 0 Å². The number of anilines is 2. The zero-order chi connectivity index (χ0) is 30.1. The lowest BCUT2D eigenvalue weighted by molar-refractivity contribution is -0.121. The summed E-state index contributed by atoms with van der Waals surface area (Å²) in [5.74, 6) is 0.490. The number of Topliss-reactive ketones (excluding diaryl/α,β-unsaturated/α-hetero) is 1. The van der Waals surface area contributed by atoms with Gasteiger partial charge in [-0.15, -0.1) is 11.3 Å². The van der Waals surface area contributed by atoms with Crippen molar-refractivity contribution < 1.29 is 18.0 Å². The van der Waals surface area contributed by atoms with Crippen molar-refractivity contribution in [3.05, 3.63) is 59.6 Å². The average Bonchev–Trinajstić information content (AvgIpc) is 3.47. The van der Waals surface area contributed by atoms with Crippen LogP contribution < -0.4 is 15.1 Å². The van der Waals surface area contributed by atoms with Gasteiger partial charge in [-0.1, -0.05) is 49.6 Å². The van der Waals surface area contributed by atoms with Crippen LogP contribution in [0, 0.1) is 5.92 Å². The lowest BCUT2D eigenvalue weighted by Gasteiger charge is -2.45. The number of nitrogens with zero attached hydrogens (tertiary/aromatic N) is 4. The molecule has 1 N–H and O–H groups in total. The molecule has 0 bridgehead atoms. The van der Waals surface area contributed by atoms with Gasteiger partial charge in [0.2, 0.25) is 15.9 Å². The zero-order valence-corrected chi connectivity index (χ0v) is 26.4. The summed E-state index contributed by atoms with van der Waals surface area (Å²) in [5, 5.41) is 3.40. The number of thiophene rings is 1. The molecule has 11 heteroatoms. The average molecular weight is 622 g/mol. The standard InChI is InChI=1S/C32H39N5O4S2/c1-22-19-35(16-15-33-22)30-14-13-26(18-34-30)43(40,41)36-20-28(24-9-5-3-6-10-24)37(31(39)21-36)27-17-29(42-32(27)23(2)38)25-11-7-4-8-12-25/h4,7-8,11-14,17-18,22,24,28,33H,3,5-6,9-10,15-16,19-21H2,1-2H3. The van der Waals surface area contributed by atoms with E-state index in [1.54, 1.807) is 17.0 Å².